The van der Waals surface area contributed by atoms with Crippen LogP contribution in [0.2, 0.25) is 0 Å². The zero-order valence-corrected chi connectivity index (χ0v) is 21.0. The summed E-state index contributed by atoms with van der Waals surface area (Å²) in [5.74, 6) is -7.32. The SMILES string of the molecule is Cc1cc(Oc2ccc(-n3ccnn3)cc2)c(C(F)(F)F)cc1C(=O)N=C(N)N.O=C(O)C(F)(F)F.O=C(O)C(F)(F)F. The molecule has 6 N–H and O–H groups in total. The zero-order valence-electron chi connectivity index (χ0n) is 21.0. The number of rotatable bonds is 4. The van der Waals surface area contributed by atoms with Crippen LogP contribution in [0.5, 0.6) is 11.5 Å². The van der Waals surface area contributed by atoms with E-state index in [4.69, 9.17) is 36.0 Å². The van der Waals surface area contributed by atoms with Gasteiger partial charge in [-0.05, 0) is 48.9 Å². The lowest BCUT2D eigenvalue weighted by Crippen LogP contribution is -2.24. The number of guanidine groups is 1. The zero-order chi connectivity index (χ0) is 33.3. The van der Waals surface area contributed by atoms with E-state index in [1.54, 1.807) is 18.3 Å². The molecule has 21 heteroatoms. The van der Waals surface area contributed by atoms with Gasteiger partial charge in [0.1, 0.15) is 11.5 Å². The molecule has 43 heavy (non-hydrogen) atoms. The molecular formula is C22H17F9N6O6. The van der Waals surface area contributed by atoms with Crippen LogP contribution in [0.3, 0.4) is 0 Å². The molecule has 0 atom stereocenters. The maximum absolute atomic E-state index is 13.5. The fourth-order valence-electron chi connectivity index (χ4n) is 2.54. The highest BCUT2D eigenvalue weighted by Crippen LogP contribution is 2.40. The van der Waals surface area contributed by atoms with Gasteiger partial charge in [-0.1, -0.05) is 5.21 Å². The van der Waals surface area contributed by atoms with Crippen molar-refractivity contribution in [2.75, 3.05) is 0 Å². The van der Waals surface area contributed by atoms with Crippen molar-refractivity contribution in [2.24, 2.45) is 16.5 Å². The number of nitrogens with zero attached hydrogens (tertiary/aromatic N) is 4. The van der Waals surface area contributed by atoms with Crippen molar-refractivity contribution in [3.05, 3.63) is 65.5 Å². The molecule has 0 saturated carbocycles. The molecule has 1 heterocycles. The summed E-state index contributed by atoms with van der Waals surface area (Å²) in [5, 5.41) is 21.8. The quantitative estimate of drug-likeness (QED) is 0.185. The number of halogens is 9. The third kappa shape index (κ3) is 11.6. The Morgan fingerprint density at radius 3 is 1.74 bits per heavy atom. The van der Waals surface area contributed by atoms with Gasteiger partial charge >= 0.3 is 30.5 Å². The average Bonchev–Trinajstić information content (AvgIpc) is 3.38. The lowest BCUT2D eigenvalue weighted by Gasteiger charge is -2.16. The molecule has 1 aromatic heterocycles. The van der Waals surface area contributed by atoms with E-state index in [1.807, 2.05) is 0 Å². The number of aliphatic imine (C=N–C) groups is 1. The molecule has 1 amide bonds. The standard InChI is InChI=1S/C18H15F3N6O2.2C2HF3O2/c1-10-8-15(14(18(19,20)21)9-13(10)16(28)25-17(22)23)29-12-4-2-11(3-5-12)27-7-6-24-26-27;2*3-2(4,5)1(6)7/h2-9H,1H3,(H4,22,23,25,28);2*(H,6,7). The molecular weight excluding hydrogens is 615 g/mol. The summed E-state index contributed by atoms with van der Waals surface area (Å²) in [5.41, 5.74) is 9.74. The van der Waals surface area contributed by atoms with Crippen LogP contribution in [0.15, 0.2) is 53.8 Å². The van der Waals surface area contributed by atoms with Gasteiger partial charge in [0.2, 0.25) is 0 Å². The average molecular weight is 632 g/mol. The first-order chi connectivity index (χ1) is 19.5. The van der Waals surface area contributed by atoms with E-state index in [0.717, 1.165) is 6.07 Å². The summed E-state index contributed by atoms with van der Waals surface area (Å²) in [6, 6.07) is 7.99. The molecule has 0 bridgehead atoms. The minimum Gasteiger partial charge on any atom is -0.475 e. The second kappa shape index (κ2) is 14.0. The van der Waals surface area contributed by atoms with Crippen molar-refractivity contribution < 1.29 is 68.8 Å². The number of aromatic nitrogens is 3. The maximum atomic E-state index is 13.5. The van der Waals surface area contributed by atoms with E-state index in [0.29, 0.717) is 11.8 Å². The second-order valence-electron chi connectivity index (χ2n) is 7.55. The molecule has 2 aromatic carbocycles. The van der Waals surface area contributed by atoms with Crippen molar-refractivity contribution >= 4 is 23.8 Å². The number of ether oxygens (including phenoxy) is 1. The third-order valence-electron chi connectivity index (χ3n) is 4.33. The third-order valence-corrected chi connectivity index (χ3v) is 4.33. The summed E-state index contributed by atoms with van der Waals surface area (Å²) in [7, 11) is 0. The van der Waals surface area contributed by atoms with Crippen molar-refractivity contribution in [1.82, 2.24) is 15.0 Å². The highest BCUT2D eigenvalue weighted by Gasteiger charge is 2.39. The van der Waals surface area contributed by atoms with Gasteiger partial charge < -0.3 is 26.4 Å². The van der Waals surface area contributed by atoms with E-state index >= 15 is 0 Å². The van der Waals surface area contributed by atoms with Gasteiger partial charge in [-0.15, -0.1) is 5.10 Å². The highest BCUT2D eigenvalue weighted by atomic mass is 19.4. The first-order valence-electron chi connectivity index (χ1n) is 10.6. The van der Waals surface area contributed by atoms with Gasteiger partial charge in [-0.2, -0.15) is 44.5 Å². The minimum atomic E-state index is -5.08. The number of carboxylic acid groups (broad SMARTS) is 2. The Morgan fingerprint density at radius 1 is 0.884 bits per heavy atom. The van der Waals surface area contributed by atoms with Crippen LogP contribution in [0, 0.1) is 6.92 Å². The number of hydrogen-bond acceptors (Lipinski definition) is 6. The first-order valence-corrected chi connectivity index (χ1v) is 10.6. The number of nitrogens with two attached hydrogens (primary N) is 2. The van der Waals surface area contributed by atoms with Crippen molar-refractivity contribution in [3.63, 3.8) is 0 Å². The van der Waals surface area contributed by atoms with Crippen LogP contribution in [0.4, 0.5) is 39.5 Å². The summed E-state index contributed by atoms with van der Waals surface area (Å²) in [6.07, 6.45) is -11.8. The van der Waals surface area contributed by atoms with E-state index in [2.05, 4.69) is 15.3 Å². The smallest absolute Gasteiger partial charge is 0.475 e. The summed E-state index contributed by atoms with van der Waals surface area (Å²) in [4.78, 5) is 33.1. The predicted molar refractivity (Wildman–Crippen MR) is 125 cm³/mol. The maximum Gasteiger partial charge on any atom is 0.490 e. The normalized spacial score (nSPS) is 11.2. The van der Waals surface area contributed by atoms with E-state index in [1.165, 1.54) is 29.9 Å². The number of carboxylic acids is 2. The molecule has 0 unspecified atom stereocenters. The van der Waals surface area contributed by atoms with Gasteiger partial charge in [0.25, 0.3) is 5.91 Å². The minimum absolute atomic E-state index is 0.169. The molecule has 3 rings (SSSR count). The molecule has 0 radical (unpaired) electrons. The number of aliphatic carboxylic acids is 2. The molecule has 0 aliphatic heterocycles. The van der Waals surface area contributed by atoms with Gasteiger partial charge in [-0.25, -0.2) is 14.3 Å². The molecule has 0 spiro atoms. The fourth-order valence-corrected chi connectivity index (χ4v) is 2.54. The van der Waals surface area contributed by atoms with Crippen molar-refractivity contribution in [2.45, 2.75) is 25.5 Å². The molecule has 234 valence electrons. The Bertz CT molecular complexity index is 1420. The summed E-state index contributed by atoms with van der Waals surface area (Å²) >= 11 is 0. The number of amides is 1. The first kappa shape index (κ1) is 35.7. The topological polar surface area (TPSA) is 196 Å². The van der Waals surface area contributed by atoms with Gasteiger partial charge in [0, 0.05) is 5.56 Å². The number of carbonyl (C=O) groups is 3. The molecule has 0 aliphatic carbocycles. The Kier molecular flexibility index (Phi) is 11.6. The van der Waals surface area contributed by atoms with Crippen LogP contribution in [0.1, 0.15) is 21.5 Å². The van der Waals surface area contributed by atoms with Crippen LogP contribution in [0.25, 0.3) is 5.69 Å². The number of hydrogen-bond donors (Lipinski definition) is 4. The summed E-state index contributed by atoms with van der Waals surface area (Å²) < 4.78 is 111. The van der Waals surface area contributed by atoms with Gasteiger partial charge in [0.05, 0.1) is 23.6 Å². The predicted octanol–water partition coefficient (Wildman–Crippen LogP) is 4.07. The molecule has 3 aromatic rings. The number of carbonyl (C=O) groups excluding carboxylic acids is 1. The molecule has 0 aliphatic rings. The second-order valence-corrected chi connectivity index (χ2v) is 7.55. The number of alkyl halides is 9. The molecule has 0 fully saturated rings. The van der Waals surface area contributed by atoms with Crippen molar-refractivity contribution in [3.8, 4) is 17.2 Å². The highest BCUT2D eigenvalue weighted by molar-refractivity contribution is 6.03. The van der Waals surface area contributed by atoms with Gasteiger partial charge in [-0.3, -0.25) is 4.79 Å². The number of aryl methyl sites for hydroxylation is 1. The lowest BCUT2D eigenvalue weighted by atomic mass is 10.0. The Labute approximate surface area is 233 Å². The fraction of sp³-hybridized carbons (Fsp3) is 0.182. The van der Waals surface area contributed by atoms with Crippen LogP contribution >= 0.6 is 0 Å². The largest absolute Gasteiger partial charge is 0.490 e. The molecule has 0 saturated heterocycles. The lowest BCUT2D eigenvalue weighted by molar-refractivity contribution is -0.193. The Hall–Kier alpha value is -5.37. The monoisotopic (exact) mass is 632 g/mol. The van der Waals surface area contributed by atoms with Crippen molar-refractivity contribution in [1.29, 1.82) is 0 Å². The van der Waals surface area contributed by atoms with Gasteiger partial charge in [0.15, 0.2) is 5.96 Å². The Balaban J connectivity index is 0.000000548. The van der Waals surface area contributed by atoms with E-state index in [-0.39, 0.29) is 16.9 Å². The van der Waals surface area contributed by atoms with Crippen LogP contribution in [-0.4, -0.2) is 61.4 Å². The summed E-state index contributed by atoms with van der Waals surface area (Å²) in [6.45, 7) is 1.45. The van der Waals surface area contributed by atoms with Crippen LogP contribution < -0.4 is 16.2 Å². The molecule has 12 nitrogen and oxygen atoms in total. The number of benzene rings is 2. The van der Waals surface area contributed by atoms with E-state index in [9.17, 15) is 44.3 Å². The van der Waals surface area contributed by atoms with E-state index < -0.39 is 53.6 Å². The van der Waals surface area contributed by atoms with Crippen LogP contribution in [-0.2, 0) is 15.8 Å². The Morgan fingerprint density at radius 2 is 1.37 bits per heavy atom.